The molecule has 0 saturated carbocycles. The summed E-state index contributed by atoms with van der Waals surface area (Å²) in [6, 6.07) is 6.98. The third-order valence-corrected chi connectivity index (χ3v) is 3.61. The van der Waals surface area contributed by atoms with Crippen LogP contribution in [0.5, 0.6) is 0 Å². The second kappa shape index (κ2) is 5.59. The molecule has 2 aliphatic rings. The SMILES string of the molecule is CCOC(=O)C1=NN(N=O)[C@H]2C(=O)N(c3ccccc3)C(=O)[C@H]12. The van der Waals surface area contributed by atoms with Gasteiger partial charge in [0.05, 0.1) is 17.6 Å². The number of anilines is 1. The van der Waals surface area contributed by atoms with Gasteiger partial charge in [0.25, 0.3) is 5.91 Å². The molecule has 1 aromatic rings. The summed E-state index contributed by atoms with van der Waals surface area (Å²) < 4.78 is 4.83. The third-order valence-electron chi connectivity index (χ3n) is 3.61. The Morgan fingerprint density at radius 1 is 1.26 bits per heavy atom. The maximum atomic E-state index is 12.6. The van der Waals surface area contributed by atoms with Gasteiger partial charge in [-0.3, -0.25) is 9.59 Å². The van der Waals surface area contributed by atoms with Crippen LogP contribution in [0.15, 0.2) is 40.7 Å². The number of esters is 1. The average molecular weight is 316 g/mol. The highest BCUT2D eigenvalue weighted by molar-refractivity contribution is 6.46. The molecule has 1 aromatic carbocycles. The largest absolute Gasteiger partial charge is 0.461 e. The van der Waals surface area contributed by atoms with Crippen LogP contribution in [0.1, 0.15) is 6.92 Å². The van der Waals surface area contributed by atoms with E-state index >= 15 is 0 Å². The first-order valence-electron chi connectivity index (χ1n) is 6.91. The molecule has 0 N–H and O–H groups in total. The van der Waals surface area contributed by atoms with E-state index in [0.717, 1.165) is 4.90 Å². The zero-order valence-electron chi connectivity index (χ0n) is 12.1. The Morgan fingerprint density at radius 2 is 1.96 bits per heavy atom. The van der Waals surface area contributed by atoms with Crippen LogP contribution >= 0.6 is 0 Å². The van der Waals surface area contributed by atoms with Gasteiger partial charge in [-0.1, -0.05) is 18.2 Å². The summed E-state index contributed by atoms with van der Waals surface area (Å²) in [6.07, 6.45) is 0. The van der Waals surface area contributed by atoms with E-state index in [1.54, 1.807) is 37.3 Å². The number of amides is 2. The van der Waals surface area contributed by atoms with E-state index in [9.17, 15) is 19.3 Å². The summed E-state index contributed by atoms with van der Waals surface area (Å²) >= 11 is 0. The van der Waals surface area contributed by atoms with Crippen molar-refractivity contribution >= 4 is 29.2 Å². The molecular weight excluding hydrogens is 304 g/mol. The number of rotatable bonds is 4. The topological polar surface area (TPSA) is 109 Å². The summed E-state index contributed by atoms with van der Waals surface area (Å²) in [4.78, 5) is 48.9. The summed E-state index contributed by atoms with van der Waals surface area (Å²) in [5.41, 5.74) is 0.0687. The minimum Gasteiger partial charge on any atom is -0.461 e. The fraction of sp³-hybridized carbons (Fsp3) is 0.286. The molecule has 0 radical (unpaired) electrons. The van der Waals surface area contributed by atoms with Crippen molar-refractivity contribution in [1.29, 1.82) is 0 Å². The standard InChI is InChI=1S/C14H12N4O5/c1-2-23-14(21)10-9-11(18(15-10)16-22)13(20)17(12(9)19)8-6-4-3-5-7-8/h3-7,9,11H,2H2,1H3/t9-,11-/m1/s1. The van der Waals surface area contributed by atoms with E-state index in [2.05, 4.69) is 10.4 Å². The van der Waals surface area contributed by atoms with Crippen molar-refractivity contribution in [3.63, 3.8) is 0 Å². The number of carbonyl (C=O) groups is 3. The molecule has 0 aromatic heterocycles. The third kappa shape index (κ3) is 2.17. The molecule has 0 spiro atoms. The first kappa shape index (κ1) is 14.8. The van der Waals surface area contributed by atoms with Gasteiger partial charge < -0.3 is 4.74 Å². The number of nitroso groups, excluding NO2 is 1. The van der Waals surface area contributed by atoms with Crippen molar-refractivity contribution in [2.45, 2.75) is 13.0 Å². The molecule has 1 saturated heterocycles. The van der Waals surface area contributed by atoms with Crippen molar-refractivity contribution in [2.24, 2.45) is 16.3 Å². The van der Waals surface area contributed by atoms with E-state index < -0.39 is 29.7 Å². The Morgan fingerprint density at radius 3 is 2.57 bits per heavy atom. The van der Waals surface area contributed by atoms with E-state index in [0.29, 0.717) is 10.8 Å². The van der Waals surface area contributed by atoms with Gasteiger partial charge >= 0.3 is 5.97 Å². The summed E-state index contributed by atoms with van der Waals surface area (Å²) in [6.45, 7) is 1.67. The number of hydrogen-bond donors (Lipinski definition) is 0. The smallest absolute Gasteiger partial charge is 0.355 e. The molecule has 0 unspecified atom stereocenters. The lowest BCUT2D eigenvalue weighted by Gasteiger charge is -2.16. The summed E-state index contributed by atoms with van der Waals surface area (Å²) in [5, 5.41) is 6.85. The minimum atomic E-state index is -1.25. The van der Waals surface area contributed by atoms with Crippen molar-refractivity contribution in [1.82, 2.24) is 5.12 Å². The summed E-state index contributed by atoms with van der Waals surface area (Å²) in [7, 11) is 0. The highest BCUT2D eigenvalue weighted by Gasteiger charge is 2.59. The van der Waals surface area contributed by atoms with Crippen LogP contribution < -0.4 is 4.90 Å². The highest BCUT2D eigenvalue weighted by Crippen LogP contribution is 2.35. The molecule has 23 heavy (non-hydrogen) atoms. The normalized spacial score (nSPS) is 22.9. The molecule has 1 fully saturated rings. The van der Waals surface area contributed by atoms with Gasteiger partial charge in [-0.15, -0.1) is 15.1 Å². The Bertz CT molecular complexity index is 717. The molecule has 9 nitrogen and oxygen atoms in total. The van der Waals surface area contributed by atoms with Crippen LogP contribution in [-0.2, 0) is 19.1 Å². The number of benzene rings is 1. The van der Waals surface area contributed by atoms with Gasteiger partial charge in [-0.25, -0.2) is 9.69 Å². The van der Waals surface area contributed by atoms with E-state index in [1.165, 1.54) is 0 Å². The molecule has 0 aliphatic carbocycles. The molecule has 2 aliphatic heterocycles. The Kier molecular flexibility index (Phi) is 3.61. The quantitative estimate of drug-likeness (QED) is 0.453. The van der Waals surface area contributed by atoms with Crippen LogP contribution in [-0.4, -0.2) is 41.3 Å². The van der Waals surface area contributed by atoms with Gasteiger partial charge in [0.1, 0.15) is 5.92 Å². The number of fused-ring (bicyclic) bond motifs is 1. The fourth-order valence-electron chi connectivity index (χ4n) is 2.66. The second-order valence-electron chi connectivity index (χ2n) is 4.88. The fourth-order valence-corrected chi connectivity index (χ4v) is 2.66. The minimum absolute atomic E-state index is 0.0777. The molecule has 0 bridgehead atoms. The van der Waals surface area contributed by atoms with Crippen molar-refractivity contribution < 1.29 is 19.1 Å². The zero-order chi connectivity index (χ0) is 16.6. The number of nitrogens with zero attached hydrogens (tertiary/aromatic N) is 4. The van der Waals surface area contributed by atoms with E-state index in [1.807, 2.05) is 0 Å². The summed E-state index contributed by atoms with van der Waals surface area (Å²) in [5.74, 6) is -3.33. The lowest BCUT2D eigenvalue weighted by Crippen LogP contribution is -2.36. The number of para-hydroxylation sites is 1. The van der Waals surface area contributed by atoms with Gasteiger partial charge in [0.2, 0.25) is 5.91 Å². The molecule has 2 heterocycles. The van der Waals surface area contributed by atoms with Crippen LogP contribution in [0, 0.1) is 10.8 Å². The number of ether oxygens (including phenoxy) is 1. The molecule has 9 heteroatoms. The van der Waals surface area contributed by atoms with Gasteiger partial charge in [-0.2, -0.15) is 0 Å². The number of carbonyl (C=O) groups excluding carboxylic acids is 3. The number of imide groups is 1. The molecule has 2 atom stereocenters. The van der Waals surface area contributed by atoms with Crippen molar-refractivity contribution in [2.75, 3.05) is 11.5 Å². The molecule has 2 amide bonds. The number of hydrogen-bond acceptors (Lipinski definition) is 7. The maximum Gasteiger partial charge on any atom is 0.355 e. The Hall–Kier alpha value is -3.10. The van der Waals surface area contributed by atoms with Crippen LogP contribution in [0.2, 0.25) is 0 Å². The lowest BCUT2D eigenvalue weighted by atomic mass is 9.98. The van der Waals surface area contributed by atoms with E-state index in [-0.39, 0.29) is 12.3 Å². The highest BCUT2D eigenvalue weighted by atomic mass is 16.5. The van der Waals surface area contributed by atoms with Crippen molar-refractivity contribution in [3.05, 3.63) is 35.2 Å². The van der Waals surface area contributed by atoms with E-state index in [4.69, 9.17) is 4.74 Å². The molecule has 3 rings (SSSR count). The average Bonchev–Trinajstić information content (AvgIpc) is 3.06. The number of hydrazone groups is 1. The maximum absolute atomic E-state index is 12.6. The molecule has 118 valence electrons. The first-order chi connectivity index (χ1) is 11.1. The predicted octanol–water partition coefficient (Wildman–Crippen LogP) is 0.461. The van der Waals surface area contributed by atoms with Crippen molar-refractivity contribution in [3.8, 4) is 0 Å². The molecular formula is C14H12N4O5. The predicted molar refractivity (Wildman–Crippen MR) is 77.9 cm³/mol. The lowest BCUT2D eigenvalue weighted by molar-refractivity contribution is -0.136. The van der Waals surface area contributed by atoms with Crippen LogP contribution in [0.25, 0.3) is 0 Å². The van der Waals surface area contributed by atoms with Crippen LogP contribution in [0.3, 0.4) is 0 Å². The van der Waals surface area contributed by atoms with Gasteiger partial charge in [0.15, 0.2) is 11.8 Å². The van der Waals surface area contributed by atoms with Gasteiger partial charge in [-0.05, 0) is 19.1 Å². The van der Waals surface area contributed by atoms with Gasteiger partial charge in [0, 0.05) is 0 Å². The zero-order valence-corrected chi connectivity index (χ0v) is 12.1. The Balaban J connectivity index is 2.01. The Labute approximate surface area is 130 Å². The second-order valence-corrected chi connectivity index (χ2v) is 4.88. The van der Waals surface area contributed by atoms with Crippen LogP contribution in [0.4, 0.5) is 5.69 Å². The first-order valence-corrected chi connectivity index (χ1v) is 6.91. The monoisotopic (exact) mass is 316 g/mol.